The predicted molar refractivity (Wildman–Crippen MR) is 143 cm³/mol. The molecule has 0 aromatic heterocycles. The van der Waals surface area contributed by atoms with Gasteiger partial charge in [-0.3, -0.25) is 4.90 Å². The van der Waals surface area contributed by atoms with Gasteiger partial charge in [0.25, 0.3) is 0 Å². The number of piperidine rings is 2. The summed E-state index contributed by atoms with van der Waals surface area (Å²) in [5.74, 6) is 3.04. The molecule has 1 aliphatic carbocycles. The Bertz CT molecular complexity index is 655. The summed E-state index contributed by atoms with van der Waals surface area (Å²) in [6.07, 6.45) is 10.3. The van der Waals surface area contributed by atoms with Crippen molar-refractivity contribution < 1.29 is 4.74 Å². The maximum Gasteiger partial charge on any atom is 0.0598 e. The average molecular weight is 495 g/mol. The molecule has 0 radical (unpaired) electrons. The standard InChI is InChI=1S/C28H51ClN4O/c1-21(2)26(30-17-22-5-10-27(31-18-22)33-13-15-34-16-14-33)19-32-12-11-25(28(3,4)20-32)23-6-8-24(29)9-7-23/h8,21-23,25-27,30-31H,5-7,9-20H2,1-4H3/t22?,23?,25?,26-,27?/m0/s1. The van der Waals surface area contributed by atoms with E-state index in [-0.39, 0.29) is 0 Å². The van der Waals surface area contributed by atoms with Crippen LogP contribution in [0.3, 0.4) is 0 Å². The van der Waals surface area contributed by atoms with Crippen molar-refractivity contribution in [2.45, 2.75) is 78.4 Å². The van der Waals surface area contributed by atoms with Crippen LogP contribution < -0.4 is 10.6 Å². The molecule has 6 heteroatoms. The molecule has 0 aromatic rings. The van der Waals surface area contributed by atoms with Crippen LogP contribution in [0.25, 0.3) is 0 Å². The first-order chi connectivity index (χ1) is 16.3. The minimum absolute atomic E-state index is 0.379. The summed E-state index contributed by atoms with van der Waals surface area (Å²) < 4.78 is 5.52. The first kappa shape index (κ1) is 26.9. The van der Waals surface area contributed by atoms with E-state index >= 15 is 0 Å². The van der Waals surface area contributed by atoms with E-state index in [2.05, 4.69) is 54.2 Å². The lowest BCUT2D eigenvalue weighted by Gasteiger charge is -2.49. The number of nitrogens with zero attached hydrogens (tertiary/aromatic N) is 2. The van der Waals surface area contributed by atoms with Crippen molar-refractivity contribution in [3.8, 4) is 0 Å². The molecule has 34 heavy (non-hydrogen) atoms. The van der Waals surface area contributed by atoms with Crippen LogP contribution in [0.2, 0.25) is 0 Å². The molecule has 3 saturated heterocycles. The highest BCUT2D eigenvalue weighted by atomic mass is 35.5. The number of allylic oxidation sites excluding steroid dienone is 2. The Morgan fingerprint density at radius 3 is 2.56 bits per heavy atom. The fraction of sp³-hybridized carbons (Fsp3) is 0.929. The molecule has 0 bridgehead atoms. The third kappa shape index (κ3) is 7.20. The summed E-state index contributed by atoms with van der Waals surface area (Å²) in [4.78, 5) is 5.33. The molecule has 0 spiro atoms. The van der Waals surface area contributed by atoms with Gasteiger partial charge in [0.1, 0.15) is 0 Å². The Labute approximate surface area is 214 Å². The normalized spacial score (nSPS) is 34.7. The fourth-order valence-electron chi connectivity index (χ4n) is 7.09. The molecule has 0 aromatic carbocycles. The van der Waals surface area contributed by atoms with Crippen molar-refractivity contribution in [3.05, 3.63) is 11.1 Å². The molecule has 0 saturated carbocycles. The quantitative estimate of drug-likeness (QED) is 0.518. The van der Waals surface area contributed by atoms with Gasteiger partial charge < -0.3 is 20.3 Å². The van der Waals surface area contributed by atoms with Gasteiger partial charge in [-0.1, -0.05) is 45.4 Å². The highest BCUT2D eigenvalue weighted by Crippen LogP contribution is 2.45. The summed E-state index contributed by atoms with van der Waals surface area (Å²) in [5, 5.41) is 8.92. The first-order valence-corrected chi connectivity index (χ1v) is 14.5. The smallest absolute Gasteiger partial charge is 0.0598 e. The molecule has 3 heterocycles. The second-order valence-corrected chi connectivity index (χ2v) is 13.1. The molecule has 4 rings (SSSR count). The van der Waals surface area contributed by atoms with Gasteiger partial charge in [-0.05, 0) is 80.7 Å². The van der Waals surface area contributed by atoms with Crippen molar-refractivity contribution in [1.82, 2.24) is 20.4 Å². The molecule has 196 valence electrons. The summed E-state index contributed by atoms with van der Waals surface area (Å²) in [6.45, 7) is 19.7. The zero-order valence-electron chi connectivity index (χ0n) is 22.3. The molecule has 0 amide bonds. The van der Waals surface area contributed by atoms with Crippen molar-refractivity contribution in [1.29, 1.82) is 0 Å². The zero-order chi connectivity index (χ0) is 24.1. The van der Waals surface area contributed by atoms with E-state index in [1.54, 1.807) is 0 Å². The van der Waals surface area contributed by atoms with Crippen LogP contribution in [0.5, 0.6) is 0 Å². The highest BCUT2D eigenvalue weighted by molar-refractivity contribution is 6.29. The molecule has 5 atom stereocenters. The third-order valence-corrected chi connectivity index (χ3v) is 9.60. The van der Waals surface area contributed by atoms with E-state index in [0.717, 1.165) is 68.6 Å². The molecule has 3 aliphatic heterocycles. The van der Waals surface area contributed by atoms with Gasteiger partial charge in [-0.25, -0.2) is 0 Å². The molecule has 4 unspecified atom stereocenters. The van der Waals surface area contributed by atoms with E-state index < -0.39 is 0 Å². The van der Waals surface area contributed by atoms with E-state index in [4.69, 9.17) is 16.3 Å². The second-order valence-electron chi connectivity index (χ2n) is 12.6. The van der Waals surface area contributed by atoms with Crippen molar-refractivity contribution in [2.75, 3.05) is 59.0 Å². The first-order valence-electron chi connectivity index (χ1n) is 14.2. The van der Waals surface area contributed by atoms with Crippen LogP contribution in [-0.4, -0.2) is 81.0 Å². The largest absolute Gasteiger partial charge is 0.379 e. The lowest BCUT2D eigenvalue weighted by atomic mass is 9.65. The van der Waals surface area contributed by atoms with Gasteiger partial charge in [0.15, 0.2) is 0 Å². The topological polar surface area (TPSA) is 39.8 Å². The number of halogens is 1. The summed E-state index contributed by atoms with van der Waals surface area (Å²) in [6, 6.07) is 0.570. The average Bonchev–Trinajstić information content (AvgIpc) is 2.83. The van der Waals surface area contributed by atoms with E-state index in [1.807, 2.05) is 0 Å². The minimum atomic E-state index is 0.379. The number of morpholine rings is 1. The van der Waals surface area contributed by atoms with Crippen molar-refractivity contribution >= 4 is 11.6 Å². The fourth-order valence-corrected chi connectivity index (χ4v) is 7.28. The van der Waals surface area contributed by atoms with Gasteiger partial charge in [0.05, 0.1) is 19.4 Å². The Balaban J connectivity index is 1.21. The number of nitrogens with one attached hydrogen (secondary N) is 2. The third-order valence-electron chi connectivity index (χ3n) is 9.26. The Kier molecular flexibility index (Phi) is 9.79. The van der Waals surface area contributed by atoms with Crippen molar-refractivity contribution in [3.63, 3.8) is 0 Å². The van der Waals surface area contributed by atoms with Crippen LogP contribution in [0.1, 0.15) is 66.2 Å². The number of ether oxygens (including phenoxy) is 1. The van der Waals surface area contributed by atoms with Crippen LogP contribution in [0.15, 0.2) is 11.1 Å². The summed E-state index contributed by atoms with van der Waals surface area (Å²) in [5.41, 5.74) is 0.379. The van der Waals surface area contributed by atoms with Crippen molar-refractivity contribution in [2.24, 2.45) is 29.1 Å². The van der Waals surface area contributed by atoms with Crippen LogP contribution in [-0.2, 0) is 4.74 Å². The maximum atomic E-state index is 6.27. The zero-order valence-corrected chi connectivity index (χ0v) is 23.1. The highest BCUT2D eigenvalue weighted by Gasteiger charge is 2.40. The molecule has 2 N–H and O–H groups in total. The van der Waals surface area contributed by atoms with E-state index in [1.165, 1.54) is 51.7 Å². The van der Waals surface area contributed by atoms with Crippen LogP contribution in [0.4, 0.5) is 0 Å². The lowest BCUT2D eigenvalue weighted by Crippen LogP contribution is -2.56. The molecule has 3 fully saturated rings. The maximum absolute atomic E-state index is 6.27. The predicted octanol–water partition coefficient (Wildman–Crippen LogP) is 4.53. The van der Waals surface area contributed by atoms with Gasteiger partial charge in [0, 0.05) is 43.8 Å². The molecule has 5 nitrogen and oxygen atoms in total. The van der Waals surface area contributed by atoms with E-state index in [0.29, 0.717) is 23.5 Å². The monoisotopic (exact) mass is 494 g/mol. The van der Waals surface area contributed by atoms with Crippen LogP contribution >= 0.6 is 11.6 Å². The number of likely N-dealkylation sites (tertiary alicyclic amines) is 1. The Morgan fingerprint density at radius 1 is 1.15 bits per heavy atom. The van der Waals surface area contributed by atoms with E-state index in [9.17, 15) is 0 Å². The minimum Gasteiger partial charge on any atom is -0.379 e. The number of hydrogen-bond acceptors (Lipinski definition) is 5. The molecular weight excluding hydrogens is 444 g/mol. The van der Waals surface area contributed by atoms with Gasteiger partial charge in [-0.2, -0.15) is 0 Å². The van der Waals surface area contributed by atoms with Crippen LogP contribution in [0, 0.1) is 29.1 Å². The second kappa shape index (κ2) is 12.4. The molecular formula is C28H51ClN4O. The van der Waals surface area contributed by atoms with Gasteiger partial charge >= 0.3 is 0 Å². The SMILES string of the molecule is CC(C)[C@H](CN1CCC(C2CC=C(Cl)CC2)C(C)(C)C1)NCC1CCC(N2CCOCC2)NC1. The Morgan fingerprint density at radius 2 is 1.94 bits per heavy atom. The number of rotatable bonds is 8. The number of hydrogen-bond donors (Lipinski definition) is 2. The summed E-state index contributed by atoms with van der Waals surface area (Å²) >= 11 is 6.27. The Hall–Kier alpha value is -0.170. The lowest BCUT2D eigenvalue weighted by molar-refractivity contribution is -0.00197. The van der Waals surface area contributed by atoms with Gasteiger partial charge in [0.2, 0.25) is 0 Å². The van der Waals surface area contributed by atoms with Gasteiger partial charge in [-0.15, -0.1) is 0 Å². The summed E-state index contributed by atoms with van der Waals surface area (Å²) in [7, 11) is 0. The molecule has 4 aliphatic rings.